The Morgan fingerprint density at radius 3 is 2.89 bits per heavy atom. The van der Waals surface area contributed by atoms with E-state index in [9.17, 15) is 4.79 Å². The van der Waals surface area contributed by atoms with Gasteiger partial charge in [-0.1, -0.05) is 24.3 Å². The minimum absolute atomic E-state index is 0.0578. The molecule has 4 heteroatoms. The van der Waals surface area contributed by atoms with Gasteiger partial charge in [0, 0.05) is 19.7 Å². The standard InChI is InChI=1S/C14H20N2O2/c17-8-4-3-7-15-14(18)13-9-11-5-1-2-6-12(11)10-16-13/h1-2,5-6,13,16-17H,3-4,7-10H2,(H,15,18)/t13-/m0/s1. The first-order chi connectivity index (χ1) is 8.81. The maximum Gasteiger partial charge on any atom is 0.237 e. The van der Waals surface area contributed by atoms with Crippen molar-refractivity contribution < 1.29 is 9.90 Å². The second-order valence-electron chi connectivity index (χ2n) is 4.63. The van der Waals surface area contributed by atoms with E-state index in [1.54, 1.807) is 0 Å². The monoisotopic (exact) mass is 248 g/mol. The SMILES string of the molecule is O=C(NCCCCO)[C@@H]1Cc2ccccc2CN1. The van der Waals surface area contributed by atoms with Crippen LogP contribution in [0, 0.1) is 0 Å². The van der Waals surface area contributed by atoms with Crippen LogP contribution in [0.1, 0.15) is 24.0 Å². The highest BCUT2D eigenvalue weighted by molar-refractivity contribution is 5.82. The second kappa shape index (κ2) is 6.52. The fourth-order valence-corrected chi connectivity index (χ4v) is 2.21. The summed E-state index contributed by atoms with van der Waals surface area (Å²) >= 11 is 0. The average Bonchev–Trinajstić information content (AvgIpc) is 2.43. The summed E-state index contributed by atoms with van der Waals surface area (Å²) in [5, 5.41) is 14.8. The van der Waals surface area contributed by atoms with Crippen LogP contribution in [-0.4, -0.2) is 30.2 Å². The molecular weight excluding hydrogens is 228 g/mol. The number of hydrogen-bond donors (Lipinski definition) is 3. The molecule has 1 aromatic carbocycles. The van der Waals surface area contributed by atoms with E-state index in [-0.39, 0.29) is 18.6 Å². The molecule has 18 heavy (non-hydrogen) atoms. The lowest BCUT2D eigenvalue weighted by Gasteiger charge is -2.25. The fraction of sp³-hybridized carbons (Fsp3) is 0.500. The molecule has 0 bridgehead atoms. The molecule has 1 heterocycles. The van der Waals surface area contributed by atoms with E-state index in [0.29, 0.717) is 6.54 Å². The predicted octanol–water partition coefficient (Wildman–Crippen LogP) is 0.590. The first-order valence-electron chi connectivity index (χ1n) is 6.50. The quantitative estimate of drug-likeness (QED) is 0.668. The van der Waals surface area contributed by atoms with E-state index in [1.165, 1.54) is 11.1 Å². The van der Waals surface area contributed by atoms with E-state index in [1.807, 2.05) is 12.1 Å². The van der Waals surface area contributed by atoms with Gasteiger partial charge in [0.25, 0.3) is 0 Å². The molecule has 0 fully saturated rings. The van der Waals surface area contributed by atoms with E-state index in [0.717, 1.165) is 25.8 Å². The van der Waals surface area contributed by atoms with Crippen molar-refractivity contribution in [2.45, 2.75) is 31.8 Å². The zero-order chi connectivity index (χ0) is 12.8. The molecule has 0 radical (unpaired) electrons. The molecule has 98 valence electrons. The van der Waals surface area contributed by atoms with Crippen LogP contribution < -0.4 is 10.6 Å². The van der Waals surface area contributed by atoms with Crippen molar-refractivity contribution in [2.75, 3.05) is 13.2 Å². The number of carbonyl (C=O) groups is 1. The van der Waals surface area contributed by atoms with Crippen molar-refractivity contribution in [2.24, 2.45) is 0 Å². The molecule has 1 aliphatic heterocycles. The number of carbonyl (C=O) groups excluding carboxylic acids is 1. The van der Waals surface area contributed by atoms with Crippen molar-refractivity contribution in [1.82, 2.24) is 10.6 Å². The molecule has 0 unspecified atom stereocenters. The Bertz CT molecular complexity index is 407. The number of rotatable bonds is 5. The highest BCUT2D eigenvalue weighted by Crippen LogP contribution is 2.16. The molecule has 1 aromatic rings. The number of hydrogen-bond acceptors (Lipinski definition) is 3. The topological polar surface area (TPSA) is 61.4 Å². The Labute approximate surface area is 107 Å². The van der Waals surface area contributed by atoms with Gasteiger partial charge in [0.1, 0.15) is 0 Å². The summed E-state index contributed by atoms with van der Waals surface area (Å²) in [4.78, 5) is 11.9. The number of aliphatic hydroxyl groups is 1. The molecule has 1 aliphatic rings. The maximum absolute atomic E-state index is 11.9. The van der Waals surface area contributed by atoms with E-state index >= 15 is 0 Å². The molecule has 0 saturated heterocycles. The van der Waals surface area contributed by atoms with Crippen molar-refractivity contribution in [3.63, 3.8) is 0 Å². The summed E-state index contributed by atoms with van der Waals surface area (Å²) < 4.78 is 0. The lowest BCUT2D eigenvalue weighted by Crippen LogP contribution is -2.47. The van der Waals surface area contributed by atoms with Gasteiger partial charge in [-0.2, -0.15) is 0 Å². The third-order valence-corrected chi connectivity index (χ3v) is 3.28. The van der Waals surface area contributed by atoms with Gasteiger partial charge in [-0.05, 0) is 30.4 Å². The summed E-state index contributed by atoms with van der Waals surface area (Å²) in [6, 6.07) is 8.09. The number of nitrogens with one attached hydrogen (secondary N) is 2. The van der Waals surface area contributed by atoms with Crippen molar-refractivity contribution in [1.29, 1.82) is 0 Å². The minimum atomic E-state index is -0.131. The normalized spacial score (nSPS) is 18.2. The van der Waals surface area contributed by atoms with Gasteiger partial charge in [0.05, 0.1) is 6.04 Å². The van der Waals surface area contributed by atoms with E-state index in [4.69, 9.17) is 5.11 Å². The highest BCUT2D eigenvalue weighted by Gasteiger charge is 2.23. The van der Waals surface area contributed by atoms with Gasteiger partial charge >= 0.3 is 0 Å². The molecule has 1 amide bonds. The van der Waals surface area contributed by atoms with Crippen molar-refractivity contribution in [3.8, 4) is 0 Å². The van der Waals surface area contributed by atoms with Gasteiger partial charge in [0.15, 0.2) is 0 Å². The van der Waals surface area contributed by atoms with Crippen LogP contribution in [0.4, 0.5) is 0 Å². The number of amides is 1. The Morgan fingerprint density at radius 1 is 1.33 bits per heavy atom. The fourth-order valence-electron chi connectivity index (χ4n) is 2.21. The van der Waals surface area contributed by atoms with Crippen molar-refractivity contribution >= 4 is 5.91 Å². The van der Waals surface area contributed by atoms with Gasteiger partial charge in [-0.25, -0.2) is 0 Å². The number of benzene rings is 1. The Hall–Kier alpha value is -1.39. The summed E-state index contributed by atoms with van der Waals surface area (Å²) in [5.41, 5.74) is 2.54. The molecule has 0 spiro atoms. The zero-order valence-corrected chi connectivity index (χ0v) is 10.5. The first kappa shape index (κ1) is 13.1. The van der Waals surface area contributed by atoms with Crippen LogP contribution in [-0.2, 0) is 17.8 Å². The van der Waals surface area contributed by atoms with Gasteiger partial charge < -0.3 is 15.7 Å². The Morgan fingerprint density at radius 2 is 2.11 bits per heavy atom. The first-order valence-corrected chi connectivity index (χ1v) is 6.50. The third-order valence-electron chi connectivity index (χ3n) is 3.28. The van der Waals surface area contributed by atoms with Crippen LogP contribution in [0.15, 0.2) is 24.3 Å². The molecule has 0 aromatic heterocycles. The number of aliphatic hydroxyl groups excluding tert-OH is 1. The van der Waals surface area contributed by atoms with Crippen molar-refractivity contribution in [3.05, 3.63) is 35.4 Å². The zero-order valence-electron chi connectivity index (χ0n) is 10.5. The Balaban J connectivity index is 1.83. The highest BCUT2D eigenvalue weighted by atomic mass is 16.2. The van der Waals surface area contributed by atoms with E-state index in [2.05, 4.69) is 22.8 Å². The molecule has 2 rings (SSSR count). The largest absolute Gasteiger partial charge is 0.396 e. The summed E-state index contributed by atoms with van der Waals surface area (Å²) in [6.45, 7) is 1.58. The van der Waals surface area contributed by atoms with Gasteiger partial charge in [0.2, 0.25) is 5.91 Å². The smallest absolute Gasteiger partial charge is 0.237 e. The summed E-state index contributed by atoms with van der Waals surface area (Å²) in [7, 11) is 0. The average molecular weight is 248 g/mol. The number of unbranched alkanes of at least 4 members (excludes halogenated alkanes) is 1. The number of fused-ring (bicyclic) bond motifs is 1. The molecule has 4 nitrogen and oxygen atoms in total. The maximum atomic E-state index is 11.9. The molecule has 1 atom stereocenters. The summed E-state index contributed by atoms with van der Waals surface area (Å²) in [6.07, 6.45) is 2.31. The van der Waals surface area contributed by atoms with E-state index < -0.39 is 0 Å². The van der Waals surface area contributed by atoms with Crippen LogP contribution in [0.3, 0.4) is 0 Å². The lowest BCUT2D eigenvalue weighted by molar-refractivity contribution is -0.123. The van der Waals surface area contributed by atoms with Crippen LogP contribution in [0.2, 0.25) is 0 Å². The lowest BCUT2D eigenvalue weighted by atomic mass is 9.95. The minimum Gasteiger partial charge on any atom is -0.396 e. The van der Waals surface area contributed by atoms with Crippen LogP contribution in [0.5, 0.6) is 0 Å². The second-order valence-corrected chi connectivity index (χ2v) is 4.63. The van der Waals surface area contributed by atoms with Gasteiger partial charge in [-0.15, -0.1) is 0 Å². The predicted molar refractivity (Wildman–Crippen MR) is 70.1 cm³/mol. The molecular formula is C14H20N2O2. The van der Waals surface area contributed by atoms with Gasteiger partial charge in [-0.3, -0.25) is 4.79 Å². The van der Waals surface area contributed by atoms with Crippen LogP contribution >= 0.6 is 0 Å². The molecule has 3 N–H and O–H groups in total. The third kappa shape index (κ3) is 3.31. The Kier molecular flexibility index (Phi) is 4.73. The van der Waals surface area contributed by atoms with Crippen LogP contribution in [0.25, 0.3) is 0 Å². The summed E-state index contributed by atoms with van der Waals surface area (Å²) in [5.74, 6) is 0.0578. The molecule has 0 saturated carbocycles. The molecule has 0 aliphatic carbocycles.